The molecule has 31 heavy (non-hydrogen) atoms. The van der Waals surface area contributed by atoms with Crippen LogP contribution in [0.1, 0.15) is 37.6 Å². The highest BCUT2D eigenvalue weighted by atomic mass is 31.1. The van der Waals surface area contributed by atoms with Gasteiger partial charge in [-0.2, -0.15) is 5.10 Å². The molecule has 2 aromatic heterocycles. The van der Waals surface area contributed by atoms with E-state index in [4.69, 9.17) is 15.6 Å². The molecular weight excluding hydrogens is 409 g/mol. The van der Waals surface area contributed by atoms with Crippen LogP contribution in [0.3, 0.4) is 0 Å². The van der Waals surface area contributed by atoms with E-state index in [-0.39, 0.29) is 13.7 Å². The van der Waals surface area contributed by atoms with Crippen molar-refractivity contribution in [1.82, 2.24) is 14.8 Å². The molecule has 2 heterocycles. The van der Waals surface area contributed by atoms with Crippen molar-refractivity contribution in [2.75, 3.05) is 30.5 Å². The molecule has 3 N–H and O–H groups in total. The van der Waals surface area contributed by atoms with Crippen LogP contribution in [0.5, 0.6) is 5.75 Å². The number of aryl methyl sites for hydroxylation is 1. The van der Waals surface area contributed by atoms with Gasteiger partial charge in [-0.3, -0.25) is 9.48 Å². The van der Waals surface area contributed by atoms with Crippen LogP contribution in [0.25, 0.3) is 11.3 Å². The molecule has 3 aromatic rings. The summed E-state index contributed by atoms with van der Waals surface area (Å²) in [5.74, 6) is 0.994. The van der Waals surface area contributed by atoms with Gasteiger partial charge in [0.15, 0.2) is 11.5 Å². The third-order valence-electron chi connectivity index (χ3n) is 5.25. The monoisotopic (exact) mass is 439 g/mol. The summed E-state index contributed by atoms with van der Waals surface area (Å²) in [5.41, 5.74) is 10.8. The molecule has 0 aliphatic carbocycles. The Hall–Kier alpha value is -2.92. The zero-order chi connectivity index (χ0) is 22.5. The van der Waals surface area contributed by atoms with E-state index >= 15 is 0 Å². The number of pyridine rings is 1. The summed E-state index contributed by atoms with van der Waals surface area (Å²) in [4.78, 5) is 16.5. The van der Waals surface area contributed by atoms with E-state index in [0.717, 1.165) is 29.3 Å². The highest BCUT2D eigenvalue weighted by molar-refractivity contribution is 7.65. The van der Waals surface area contributed by atoms with Crippen molar-refractivity contribution in [3.63, 3.8) is 0 Å². The Balaban J connectivity index is 2.06. The van der Waals surface area contributed by atoms with E-state index in [1.54, 1.807) is 13.2 Å². The fraction of sp³-hybridized carbons (Fsp3) is 0.348. The molecule has 1 aromatic carbocycles. The van der Waals surface area contributed by atoms with Crippen molar-refractivity contribution >= 4 is 36.3 Å². The maximum Gasteiger partial charge on any atom is 0.166 e. The number of aromatic nitrogens is 3. The highest BCUT2D eigenvalue weighted by Crippen LogP contribution is 2.40. The van der Waals surface area contributed by atoms with E-state index in [1.165, 1.54) is 11.6 Å². The van der Waals surface area contributed by atoms with E-state index in [9.17, 15) is 4.79 Å². The number of nitrogens with one attached hydrogen (secondary N) is 1. The van der Waals surface area contributed by atoms with Crippen LogP contribution in [0.4, 0.5) is 17.2 Å². The first-order chi connectivity index (χ1) is 14.9. The van der Waals surface area contributed by atoms with Gasteiger partial charge >= 0.3 is 0 Å². The first-order valence-corrected chi connectivity index (χ1v) is 12.2. The molecule has 0 saturated carbocycles. The normalized spacial score (nSPS) is 11.0. The number of carbonyl (C=O) groups is 1. The Morgan fingerprint density at radius 2 is 1.94 bits per heavy atom. The molecule has 0 bridgehead atoms. The lowest BCUT2D eigenvalue weighted by atomic mass is 10.1. The molecule has 164 valence electrons. The fourth-order valence-electron chi connectivity index (χ4n) is 3.62. The van der Waals surface area contributed by atoms with Crippen molar-refractivity contribution in [2.45, 2.75) is 27.2 Å². The minimum Gasteiger partial charge on any atom is -0.494 e. The number of nitrogens with two attached hydrogens (primary N) is 1. The van der Waals surface area contributed by atoms with Crippen molar-refractivity contribution in [3.8, 4) is 17.0 Å². The number of anilines is 3. The topological polar surface area (TPSA) is 95.1 Å². The lowest BCUT2D eigenvalue weighted by molar-refractivity contribution is 0.0988. The Kier molecular flexibility index (Phi) is 7.29. The van der Waals surface area contributed by atoms with Crippen LogP contribution >= 0.6 is 7.92 Å². The zero-order valence-corrected chi connectivity index (χ0v) is 19.7. The molecule has 0 spiro atoms. The zero-order valence-electron chi connectivity index (χ0n) is 18.8. The van der Waals surface area contributed by atoms with Gasteiger partial charge in [-0.05, 0) is 30.5 Å². The summed E-state index contributed by atoms with van der Waals surface area (Å²) in [7, 11) is 3.40. The summed E-state index contributed by atoms with van der Waals surface area (Å²) in [5, 5.41) is 8.10. The third-order valence-corrected chi connectivity index (χ3v) is 7.85. The molecular formula is C23H30N5O2P. The van der Waals surface area contributed by atoms with Crippen LogP contribution < -0.4 is 21.2 Å². The number of para-hydroxylation sites is 1. The molecule has 0 radical (unpaired) electrons. The van der Waals surface area contributed by atoms with Gasteiger partial charge < -0.3 is 15.8 Å². The second-order valence-electron chi connectivity index (χ2n) is 7.13. The van der Waals surface area contributed by atoms with Crippen LogP contribution in [-0.4, -0.2) is 40.0 Å². The molecule has 3 rings (SSSR count). The molecule has 0 amide bonds. The number of carbonyl (C=O) groups excluding carboxylic acids is 1. The number of hydrogen-bond acceptors (Lipinski definition) is 6. The number of hydrogen-bond donors (Lipinski definition) is 2. The minimum atomic E-state index is -0.235. The standard InChI is InChI=1S/C23H30N5O2P/c1-6-20(29)16-14-25-21(24)12-18(16)26-17-11-9-10-15(23(17)30-5)19-13-22(28(4)27-19)31(7-2)8-3/h9-14H,6-8H2,1-5H3,(H3,24,25,26). The van der Waals surface area contributed by atoms with Gasteiger partial charge in [-0.1, -0.05) is 34.8 Å². The van der Waals surface area contributed by atoms with Gasteiger partial charge in [-0.25, -0.2) is 4.98 Å². The van der Waals surface area contributed by atoms with Gasteiger partial charge in [0.05, 0.1) is 35.2 Å². The molecule has 7 nitrogen and oxygen atoms in total. The Bertz CT molecular complexity index is 1080. The number of rotatable bonds is 9. The van der Waals surface area contributed by atoms with Crippen molar-refractivity contribution in [1.29, 1.82) is 0 Å². The lowest BCUT2D eigenvalue weighted by Crippen LogP contribution is -2.14. The van der Waals surface area contributed by atoms with E-state index in [0.29, 0.717) is 29.2 Å². The predicted molar refractivity (Wildman–Crippen MR) is 129 cm³/mol. The van der Waals surface area contributed by atoms with E-state index < -0.39 is 0 Å². The predicted octanol–water partition coefficient (Wildman–Crippen LogP) is 4.56. The smallest absolute Gasteiger partial charge is 0.166 e. The summed E-state index contributed by atoms with van der Waals surface area (Å²) in [6.07, 6.45) is 4.15. The van der Waals surface area contributed by atoms with Crippen molar-refractivity contribution in [3.05, 3.63) is 42.1 Å². The van der Waals surface area contributed by atoms with Gasteiger partial charge in [0.2, 0.25) is 0 Å². The van der Waals surface area contributed by atoms with Crippen molar-refractivity contribution < 1.29 is 9.53 Å². The SMILES string of the molecule is CCC(=O)c1cnc(N)cc1Nc1cccc(-c2cc(P(CC)CC)n(C)n2)c1OC. The van der Waals surface area contributed by atoms with Gasteiger partial charge in [0.1, 0.15) is 5.82 Å². The number of ether oxygens (including phenoxy) is 1. The lowest BCUT2D eigenvalue weighted by Gasteiger charge is -2.16. The van der Waals surface area contributed by atoms with Crippen LogP contribution in [-0.2, 0) is 7.05 Å². The number of ketones is 1. The average Bonchev–Trinajstić information content (AvgIpc) is 3.15. The van der Waals surface area contributed by atoms with E-state index in [1.807, 2.05) is 36.9 Å². The molecule has 8 heteroatoms. The summed E-state index contributed by atoms with van der Waals surface area (Å²) in [6.45, 7) is 6.27. The molecule has 0 atom stereocenters. The van der Waals surface area contributed by atoms with Crippen LogP contribution in [0.15, 0.2) is 36.5 Å². The quantitative estimate of drug-likeness (QED) is 0.375. The average molecular weight is 440 g/mol. The minimum absolute atomic E-state index is 0.00743. The summed E-state index contributed by atoms with van der Waals surface area (Å²) < 4.78 is 7.77. The van der Waals surface area contributed by atoms with Gasteiger partial charge in [0, 0.05) is 31.3 Å². The van der Waals surface area contributed by atoms with Gasteiger partial charge in [-0.15, -0.1) is 0 Å². The Labute approximate surface area is 184 Å². The third kappa shape index (κ3) is 4.72. The number of benzene rings is 1. The Morgan fingerprint density at radius 1 is 1.19 bits per heavy atom. The Morgan fingerprint density at radius 3 is 2.58 bits per heavy atom. The first-order valence-electron chi connectivity index (χ1n) is 10.4. The maximum absolute atomic E-state index is 12.4. The first kappa shape index (κ1) is 22.8. The summed E-state index contributed by atoms with van der Waals surface area (Å²) in [6, 6.07) is 9.69. The largest absolute Gasteiger partial charge is 0.494 e. The second-order valence-corrected chi connectivity index (χ2v) is 9.93. The number of nitrogens with zero attached hydrogens (tertiary/aromatic N) is 3. The molecule has 0 aliphatic heterocycles. The number of methoxy groups -OCH3 is 1. The molecule has 0 aliphatic rings. The van der Waals surface area contributed by atoms with E-state index in [2.05, 4.69) is 30.2 Å². The van der Waals surface area contributed by atoms with Crippen LogP contribution in [0, 0.1) is 0 Å². The number of Topliss-reactive ketones (excluding diaryl/α,β-unsaturated/α-hetero) is 1. The fourth-order valence-corrected chi connectivity index (χ4v) is 5.48. The second kappa shape index (κ2) is 9.92. The highest BCUT2D eigenvalue weighted by Gasteiger charge is 2.19. The van der Waals surface area contributed by atoms with Crippen molar-refractivity contribution in [2.24, 2.45) is 7.05 Å². The maximum atomic E-state index is 12.4. The molecule has 0 saturated heterocycles. The van der Waals surface area contributed by atoms with Crippen LogP contribution in [0.2, 0.25) is 0 Å². The molecule has 0 fully saturated rings. The summed E-state index contributed by atoms with van der Waals surface area (Å²) >= 11 is 0. The number of nitrogen functional groups attached to an aromatic ring is 1. The molecule has 0 unspecified atom stereocenters. The van der Waals surface area contributed by atoms with Gasteiger partial charge in [0.25, 0.3) is 0 Å².